The van der Waals surface area contributed by atoms with Crippen LogP contribution in [0.1, 0.15) is 47.1 Å². The molecule has 1 aliphatic carbocycles. The van der Waals surface area contributed by atoms with Crippen LogP contribution in [0.25, 0.3) is 11.1 Å². The fourth-order valence-electron chi connectivity index (χ4n) is 7.22. The van der Waals surface area contributed by atoms with Gasteiger partial charge in [-0.2, -0.15) is 0 Å². The molecule has 1 aromatic carbocycles. The lowest BCUT2D eigenvalue weighted by molar-refractivity contribution is -0.116. The predicted octanol–water partition coefficient (Wildman–Crippen LogP) is 4.55. The van der Waals surface area contributed by atoms with Gasteiger partial charge in [0.1, 0.15) is 28.8 Å². The molecule has 0 spiro atoms. The molecule has 1 saturated heterocycles. The second-order valence-electron chi connectivity index (χ2n) is 13.0. The summed E-state index contributed by atoms with van der Waals surface area (Å²) < 4.78 is 19.1. The zero-order valence-corrected chi connectivity index (χ0v) is 27.2. The second-order valence-corrected chi connectivity index (χ2v) is 13.0. The maximum Gasteiger partial charge on any atom is 0.274 e. The fourth-order valence-corrected chi connectivity index (χ4v) is 7.22. The van der Waals surface area contributed by atoms with Crippen molar-refractivity contribution in [2.45, 2.75) is 45.6 Å². The van der Waals surface area contributed by atoms with Gasteiger partial charge in [0.15, 0.2) is 0 Å². The minimum absolute atomic E-state index is 0.00709. The van der Waals surface area contributed by atoms with Gasteiger partial charge in [0, 0.05) is 70.2 Å². The summed E-state index contributed by atoms with van der Waals surface area (Å²) in [6.07, 6.45) is 7.58. The summed E-state index contributed by atoms with van der Waals surface area (Å²) in [5.74, 6) is -0.332. The first kappa shape index (κ1) is 30.9. The number of hydrogen-bond acceptors (Lipinski definition) is 7. The van der Waals surface area contributed by atoms with Gasteiger partial charge in [-0.15, -0.1) is 0 Å². The molecule has 47 heavy (non-hydrogen) atoms. The van der Waals surface area contributed by atoms with Crippen molar-refractivity contribution in [1.82, 2.24) is 19.0 Å². The van der Waals surface area contributed by atoms with E-state index >= 15 is 4.39 Å². The van der Waals surface area contributed by atoms with E-state index in [0.29, 0.717) is 47.0 Å². The van der Waals surface area contributed by atoms with Crippen LogP contribution in [0.15, 0.2) is 53.6 Å². The van der Waals surface area contributed by atoms with E-state index < -0.39 is 5.82 Å². The van der Waals surface area contributed by atoms with Crippen LogP contribution in [0.5, 0.6) is 0 Å². The Hall–Kier alpha value is -4.77. The molecule has 5 heterocycles. The summed E-state index contributed by atoms with van der Waals surface area (Å²) in [6, 6.07) is 10.2. The van der Waals surface area contributed by atoms with Gasteiger partial charge in [-0.25, -0.2) is 9.37 Å². The largest absolute Gasteiger partial charge is 0.368 e. The zero-order valence-electron chi connectivity index (χ0n) is 27.2. The highest BCUT2D eigenvalue weighted by Gasteiger charge is 2.32. The number of aryl methyl sites for hydroxylation is 2. The Bertz CT molecular complexity index is 1920. The lowest BCUT2D eigenvalue weighted by atomic mass is 9.94. The molecule has 4 aromatic rings. The number of rotatable bonds is 7. The van der Waals surface area contributed by atoms with Crippen LogP contribution in [0.4, 0.5) is 27.3 Å². The first-order valence-corrected chi connectivity index (χ1v) is 16.4. The van der Waals surface area contributed by atoms with E-state index in [9.17, 15) is 14.4 Å². The summed E-state index contributed by atoms with van der Waals surface area (Å²) in [7, 11) is 3.75. The zero-order chi connectivity index (χ0) is 32.8. The van der Waals surface area contributed by atoms with Crippen LogP contribution < -0.4 is 20.7 Å². The first-order valence-electron chi connectivity index (χ1n) is 16.4. The number of nitrogens with zero attached hydrogens (tertiary/aromatic N) is 6. The number of pyridine rings is 2. The number of carbonyl (C=O) groups is 2. The molecule has 2 aliphatic heterocycles. The Morgan fingerprint density at radius 2 is 1.74 bits per heavy atom. The van der Waals surface area contributed by atoms with Crippen molar-refractivity contribution in [3.8, 4) is 11.1 Å². The topological polar surface area (TPSA) is 95.7 Å². The summed E-state index contributed by atoms with van der Waals surface area (Å²) in [4.78, 5) is 50.6. The lowest BCUT2D eigenvalue weighted by Gasteiger charge is -2.33. The second kappa shape index (κ2) is 12.4. The molecule has 1 amide bonds. The Labute approximate surface area is 273 Å². The van der Waals surface area contributed by atoms with Gasteiger partial charge in [0.05, 0.1) is 17.6 Å². The Morgan fingerprint density at radius 1 is 0.957 bits per heavy atom. The van der Waals surface area contributed by atoms with Crippen LogP contribution in [-0.4, -0.2) is 70.5 Å². The van der Waals surface area contributed by atoms with Crippen molar-refractivity contribution < 1.29 is 14.0 Å². The molecule has 0 radical (unpaired) electrons. The van der Waals surface area contributed by atoms with E-state index in [4.69, 9.17) is 0 Å². The molecule has 7 rings (SSSR count). The molecule has 0 saturated carbocycles. The quantitative estimate of drug-likeness (QED) is 0.318. The Morgan fingerprint density at radius 3 is 2.49 bits per heavy atom. The molecule has 0 atom stereocenters. The number of Topliss-reactive ketones (excluding diaryl/α,β-unsaturated/α-hetero) is 1. The number of benzene rings is 1. The fraction of sp³-hybridized carbons (Fsp3) is 0.389. The third-order valence-corrected chi connectivity index (χ3v) is 9.70. The van der Waals surface area contributed by atoms with Crippen molar-refractivity contribution in [2.24, 2.45) is 7.05 Å². The third-order valence-electron chi connectivity index (χ3n) is 9.70. The van der Waals surface area contributed by atoms with Gasteiger partial charge < -0.3 is 29.2 Å². The van der Waals surface area contributed by atoms with E-state index in [1.807, 2.05) is 18.2 Å². The molecule has 11 heteroatoms. The summed E-state index contributed by atoms with van der Waals surface area (Å²) in [5.41, 5.74) is 6.02. The summed E-state index contributed by atoms with van der Waals surface area (Å²) in [6.45, 7) is 6.27. The van der Waals surface area contributed by atoms with E-state index in [1.165, 1.54) is 34.9 Å². The van der Waals surface area contributed by atoms with Crippen molar-refractivity contribution in [2.75, 3.05) is 54.9 Å². The van der Waals surface area contributed by atoms with Crippen LogP contribution in [0.2, 0.25) is 0 Å². The number of ketones is 1. The van der Waals surface area contributed by atoms with Gasteiger partial charge in [-0.1, -0.05) is 0 Å². The summed E-state index contributed by atoms with van der Waals surface area (Å²) >= 11 is 0. The predicted molar refractivity (Wildman–Crippen MR) is 181 cm³/mol. The molecule has 0 bridgehead atoms. The molecule has 3 aliphatic rings. The van der Waals surface area contributed by atoms with E-state index in [-0.39, 0.29) is 29.4 Å². The van der Waals surface area contributed by atoms with Gasteiger partial charge in [-0.05, 0) is 92.7 Å². The Kier molecular flexibility index (Phi) is 8.17. The van der Waals surface area contributed by atoms with Crippen molar-refractivity contribution in [3.05, 3.63) is 87.5 Å². The third kappa shape index (κ3) is 5.95. The normalized spacial score (nSPS) is 16.6. The first-order chi connectivity index (χ1) is 22.7. The molecule has 10 nitrogen and oxygen atoms in total. The number of fused-ring (bicyclic) bond motifs is 3. The minimum Gasteiger partial charge on any atom is -0.368 e. The highest BCUT2D eigenvalue weighted by Crippen LogP contribution is 2.37. The lowest BCUT2D eigenvalue weighted by Crippen LogP contribution is -2.44. The molecule has 244 valence electrons. The molecule has 1 N–H and O–H groups in total. The molecule has 0 unspecified atom stereocenters. The van der Waals surface area contributed by atoms with Crippen LogP contribution in [-0.2, 0) is 37.6 Å². The monoisotopic (exact) mass is 637 g/mol. The minimum atomic E-state index is -0.528. The number of halogens is 1. The average molecular weight is 638 g/mol. The average Bonchev–Trinajstić information content (AvgIpc) is 3.44. The maximum absolute atomic E-state index is 15.5. The van der Waals surface area contributed by atoms with Crippen molar-refractivity contribution in [3.63, 3.8) is 0 Å². The molecule has 3 aromatic heterocycles. The number of aromatic nitrogens is 3. The smallest absolute Gasteiger partial charge is 0.274 e. The van der Waals surface area contributed by atoms with Gasteiger partial charge in [0.25, 0.3) is 11.5 Å². The number of hydrogen-bond donors (Lipinski definition) is 1. The number of carbonyl (C=O) groups excluding carboxylic acids is 2. The molecule has 1 fully saturated rings. The summed E-state index contributed by atoms with van der Waals surface area (Å²) in [5, 5.41) is 3.16. The number of amides is 1. The van der Waals surface area contributed by atoms with Gasteiger partial charge in [0.2, 0.25) is 0 Å². The van der Waals surface area contributed by atoms with Crippen molar-refractivity contribution >= 4 is 34.6 Å². The maximum atomic E-state index is 15.5. The highest BCUT2D eigenvalue weighted by molar-refractivity contribution is 6.07. The van der Waals surface area contributed by atoms with Gasteiger partial charge >= 0.3 is 0 Å². The molecular weight excluding hydrogens is 597 g/mol. The number of likely N-dealkylation sites (N-methyl/N-ethyl adjacent to an activating group) is 1. The van der Waals surface area contributed by atoms with Crippen LogP contribution >= 0.6 is 0 Å². The molecular formula is C36H40FN7O3. The number of piperazine rings is 1. The Balaban J connectivity index is 1.24. The van der Waals surface area contributed by atoms with Crippen molar-refractivity contribution in [1.29, 1.82) is 0 Å². The highest BCUT2D eigenvalue weighted by atomic mass is 19.1. The number of anilines is 4. The number of nitrogens with one attached hydrogen (secondary N) is 1. The van der Waals surface area contributed by atoms with Gasteiger partial charge in [-0.3, -0.25) is 14.4 Å². The van der Waals surface area contributed by atoms with E-state index in [0.717, 1.165) is 57.5 Å². The van der Waals surface area contributed by atoms with E-state index in [1.54, 1.807) is 30.4 Å². The van der Waals surface area contributed by atoms with E-state index in [2.05, 4.69) is 31.7 Å². The van der Waals surface area contributed by atoms with Crippen LogP contribution in [0.3, 0.4) is 0 Å². The van der Waals surface area contributed by atoms with Crippen LogP contribution in [0, 0.1) is 5.82 Å². The standard InChI is InChI=1S/C36H40FN7O3/c1-23(45)16-29-28(19-26(37)20-32(29)44-15-14-43-31-7-5-4-6-24(31)18-33(43)36(44)47)25-17-30(35(46)41(3)22-25)39-34-9-8-27(21-38-34)42-12-10-40(2)11-13-42/h8-9,17-22H,4-7,10-16H2,1-3H3,(H,38,39). The SMILES string of the molecule is CC(=O)Cc1c(-c2cc(Nc3ccc(N4CCN(C)CC4)cn3)c(=O)n(C)c2)cc(F)cc1N1CCn2c(cc3c2CCCC3)C1=O.